The van der Waals surface area contributed by atoms with Crippen molar-refractivity contribution in [2.75, 3.05) is 47.8 Å². The maximum absolute atomic E-state index is 6.29. The highest BCUT2D eigenvalue weighted by Crippen LogP contribution is 2.27. The first-order chi connectivity index (χ1) is 11.2. The van der Waals surface area contributed by atoms with Crippen molar-refractivity contribution in [2.24, 2.45) is 0 Å². The molecule has 0 saturated carbocycles. The summed E-state index contributed by atoms with van der Waals surface area (Å²) in [7, 11) is 0. The summed E-state index contributed by atoms with van der Waals surface area (Å²) in [6, 6.07) is 3.76. The van der Waals surface area contributed by atoms with Crippen molar-refractivity contribution in [2.45, 2.75) is 6.92 Å². The lowest BCUT2D eigenvalue weighted by molar-refractivity contribution is 0.635. The minimum atomic E-state index is 0.665. The summed E-state index contributed by atoms with van der Waals surface area (Å²) >= 11 is 9.67. The van der Waals surface area contributed by atoms with E-state index in [1.165, 1.54) is 0 Å². The number of nitrogens with one attached hydrogen (secondary N) is 1. The predicted octanol–water partition coefficient (Wildman–Crippen LogP) is 3.05. The van der Waals surface area contributed by atoms with Gasteiger partial charge in [0, 0.05) is 49.6 Å². The lowest BCUT2D eigenvalue weighted by Gasteiger charge is -2.35. The van der Waals surface area contributed by atoms with Crippen LogP contribution in [0.2, 0.25) is 5.02 Å². The Labute approximate surface area is 149 Å². The monoisotopic (exact) mass is 396 g/mol. The number of pyridine rings is 1. The van der Waals surface area contributed by atoms with E-state index >= 15 is 0 Å². The summed E-state index contributed by atoms with van der Waals surface area (Å²) in [6.07, 6.45) is 3.57. The number of rotatable bonds is 4. The molecule has 3 rings (SSSR count). The first kappa shape index (κ1) is 16.3. The molecule has 1 aliphatic rings. The van der Waals surface area contributed by atoms with Crippen LogP contribution in [0, 0.1) is 0 Å². The Morgan fingerprint density at radius 2 is 1.96 bits per heavy atom. The Balaban J connectivity index is 1.67. The molecular weight excluding hydrogens is 380 g/mol. The van der Waals surface area contributed by atoms with E-state index in [4.69, 9.17) is 11.6 Å². The van der Waals surface area contributed by atoms with Crippen LogP contribution in [0.3, 0.4) is 0 Å². The molecule has 0 amide bonds. The molecule has 0 bridgehead atoms. The van der Waals surface area contributed by atoms with Gasteiger partial charge in [0.2, 0.25) is 5.95 Å². The van der Waals surface area contributed by atoms with Crippen LogP contribution in [-0.4, -0.2) is 47.7 Å². The maximum Gasteiger partial charge on any atom is 0.227 e. The van der Waals surface area contributed by atoms with E-state index in [1.807, 2.05) is 12.1 Å². The molecule has 1 aliphatic heterocycles. The Morgan fingerprint density at radius 3 is 2.65 bits per heavy atom. The highest BCUT2D eigenvalue weighted by atomic mass is 79.9. The molecule has 1 saturated heterocycles. The predicted molar refractivity (Wildman–Crippen MR) is 97.6 cm³/mol. The second kappa shape index (κ2) is 7.31. The number of anilines is 3. The molecule has 6 nitrogen and oxygen atoms in total. The highest BCUT2D eigenvalue weighted by Gasteiger charge is 2.21. The van der Waals surface area contributed by atoms with Gasteiger partial charge in [-0.15, -0.1) is 0 Å². The van der Waals surface area contributed by atoms with Gasteiger partial charge in [-0.2, -0.15) is 4.98 Å². The molecule has 1 fully saturated rings. The van der Waals surface area contributed by atoms with Crippen molar-refractivity contribution >= 4 is 45.1 Å². The van der Waals surface area contributed by atoms with E-state index in [1.54, 1.807) is 12.4 Å². The topological polar surface area (TPSA) is 57.2 Å². The molecule has 8 heteroatoms. The molecule has 0 atom stereocenters. The van der Waals surface area contributed by atoms with E-state index in [9.17, 15) is 0 Å². The summed E-state index contributed by atoms with van der Waals surface area (Å²) in [5, 5.41) is 3.88. The molecule has 0 radical (unpaired) electrons. The minimum Gasteiger partial charge on any atom is -0.370 e. The van der Waals surface area contributed by atoms with Gasteiger partial charge in [0.15, 0.2) is 0 Å². The summed E-state index contributed by atoms with van der Waals surface area (Å²) in [5.41, 5.74) is 0. The van der Waals surface area contributed by atoms with E-state index in [0.29, 0.717) is 5.02 Å². The average molecular weight is 398 g/mol. The molecule has 3 heterocycles. The van der Waals surface area contributed by atoms with E-state index in [-0.39, 0.29) is 0 Å². The maximum atomic E-state index is 6.29. The van der Waals surface area contributed by atoms with Crippen molar-refractivity contribution in [1.29, 1.82) is 0 Å². The third-order valence-corrected chi connectivity index (χ3v) is 4.36. The average Bonchev–Trinajstić information content (AvgIpc) is 2.56. The lowest BCUT2D eigenvalue weighted by Crippen LogP contribution is -2.47. The summed E-state index contributed by atoms with van der Waals surface area (Å²) in [6.45, 7) is 6.24. The van der Waals surface area contributed by atoms with E-state index < -0.39 is 0 Å². The van der Waals surface area contributed by atoms with Gasteiger partial charge in [0.1, 0.15) is 11.6 Å². The standard InChI is InChI=1S/C15H18BrClN6/c1-2-18-13-3-4-19-15(21-13)23-7-5-22(6-8-23)14-12(17)9-11(16)10-20-14/h3-4,9-10H,2,5-8H2,1H3,(H,18,19,21). The highest BCUT2D eigenvalue weighted by molar-refractivity contribution is 9.10. The number of piperazine rings is 1. The zero-order chi connectivity index (χ0) is 16.2. The van der Waals surface area contributed by atoms with Gasteiger partial charge in [-0.1, -0.05) is 11.6 Å². The molecule has 122 valence electrons. The van der Waals surface area contributed by atoms with Gasteiger partial charge in [-0.05, 0) is 35.0 Å². The van der Waals surface area contributed by atoms with Gasteiger partial charge in [0.25, 0.3) is 0 Å². The van der Waals surface area contributed by atoms with Crippen molar-refractivity contribution in [1.82, 2.24) is 15.0 Å². The molecule has 1 N–H and O–H groups in total. The number of hydrogen-bond acceptors (Lipinski definition) is 6. The molecule has 0 spiro atoms. The molecule has 2 aromatic heterocycles. The Bertz CT molecular complexity index is 675. The van der Waals surface area contributed by atoms with Crippen LogP contribution in [-0.2, 0) is 0 Å². The van der Waals surface area contributed by atoms with Crippen LogP contribution < -0.4 is 15.1 Å². The van der Waals surface area contributed by atoms with Crippen LogP contribution >= 0.6 is 27.5 Å². The fourth-order valence-corrected chi connectivity index (χ4v) is 3.29. The molecule has 0 aromatic carbocycles. The SMILES string of the molecule is CCNc1ccnc(N2CCN(c3ncc(Br)cc3Cl)CC2)n1. The fraction of sp³-hybridized carbons (Fsp3) is 0.400. The minimum absolute atomic E-state index is 0.665. The van der Waals surface area contributed by atoms with Crippen LogP contribution in [0.4, 0.5) is 17.6 Å². The third kappa shape index (κ3) is 3.84. The second-order valence-corrected chi connectivity index (χ2v) is 6.53. The summed E-state index contributed by atoms with van der Waals surface area (Å²) in [5.74, 6) is 2.45. The van der Waals surface area contributed by atoms with Crippen molar-refractivity contribution in [3.05, 3.63) is 34.0 Å². The summed E-state index contributed by atoms with van der Waals surface area (Å²) < 4.78 is 0.888. The largest absolute Gasteiger partial charge is 0.370 e. The lowest BCUT2D eigenvalue weighted by atomic mass is 10.3. The number of halogens is 2. The quantitative estimate of drug-likeness (QED) is 0.856. The summed E-state index contributed by atoms with van der Waals surface area (Å²) in [4.78, 5) is 17.7. The zero-order valence-electron chi connectivity index (χ0n) is 12.8. The Kier molecular flexibility index (Phi) is 5.17. The first-order valence-electron chi connectivity index (χ1n) is 7.55. The fourth-order valence-electron chi connectivity index (χ4n) is 2.54. The van der Waals surface area contributed by atoms with E-state index in [0.717, 1.165) is 54.8 Å². The molecule has 23 heavy (non-hydrogen) atoms. The second-order valence-electron chi connectivity index (χ2n) is 5.21. The first-order valence-corrected chi connectivity index (χ1v) is 8.72. The Morgan fingerprint density at radius 1 is 1.22 bits per heavy atom. The Hall–Kier alpha value is -1.60. The number of hydrogen-bond donors (Lipinski definition) is 1. The molecule has 2 aromatic rings. The van der Waals surface area contributed by atoms with Crippen molar-refractivity contribution in [3.63, 3.8) is 0 Å². The van der Waals surface area contributed by atoms with Crippen molar-refractivity contribution in [3.8, 4) is 0 Å². The van der Waals surface area contributed by atoms with Gasteiger partial charge in [0.05, 0.1) is 5.02 Å². The normalized spacial score (nSPS) is 14.9. The molecule has 0 unspecified atom stereocenters. The smallest absolute Gasteiger partial charge is 0.227 e. The number of nitrogens with zero attached hydrogens (tertiary/aromatic N) is 5. The third-order valence-electron chi connectivity index (χ3n) is 3.65. The van der Waals surface area contributed by atoms with E-state index in [2.05, 4.69) is 52.9 Å². The molecular formula is C15H18BrClN6. The van der Waals surface area contributed by atoms with Gasteiger partial charge >= 0.3 is 0 Å². The van der Waals surface area contributed by atoms with Crippen LogP contribution in [0.5, 0.6) is 0 Å². The van der Waals surface area contributed by atoms with Gasteiger partial charge in [-0.25, -0.2) is 9.97 Å². The van der Waals surface area contributed by atoms with Crippen molar-refractivity contribution < 1.29 is 0 Å². The number of aromatic nitrogens is 3. The van der Waals surface area contributed by atoms with Gasteiger partial charge < -0.3 is 15.1 Å². The zero-order valence-corrected chi connectivity index (χ0v) is 15.2. The van der Waals surface area contributed by atoms with Crippen LogP contribution in [0.25, 0.3) is 0 Å². The van der Waals surface area contributed by atoms with Gasteiger partial charge in [-0.3, -0.25) is 0 Å². The van der Waals surface area contributed by atoms with Crippen LogP contribution in [0.15, 0.2) is 29.0 Å². The molecule has 0 aliphatic carbocycles. The van der Waals surface area contributed by atoms with Crippen LogP contribution in [0.1, 0.15) is 6.92 Å².